The second kappa shape index (κ2) is 12.3. The molecule has 4 rings (SSSR count). The van der Waals surface area contributed by atoms with Crippen LogP contribution in [-0.2, 0) is 13.0 Å². The van der Waals surface area contributed by atoms with Crippen LogP contribution in [0.4, 0.5) is 0 Å². The molecule has 7 heteroatoms. The molecule has 0 aromatic carbocycles. The largest absolute Gasteiger partial charge is 0.503 e. The lowest BCUT2D eigenvalue weighted by molar-refractivity contribution is 0.0941. The highest BCUT2D eigenvalue weighted by Crippen LogP contribution is 2.43. The van der Waals surface area contributed by atoms with Crippen molar-refractivity contribution in [2.24, 2.45) is 5.41 Å². The predicted octanol–water partition coefficient (Wildman–Crippen LogP) is 5.33. The van der Waals surface area contributed by atoms with Crippen LogP contribution in [0.1, 0.15) is 104 Å². The van der Waals surface area contributed by atoms with Crippen LogP contribution in [-0.4, -0.2) is 32.3 Å². The first kappa shape index (κ1) is 26.1. The number of rotatable bonds is 0. The fraction of sp³-hybridized carbons (Fsp3) is 0.586. The van der Waals surface area contributed by atoms with Crippen LogP contribution >= 0.6 is 0 Å². The fourth-order valence-corrected chi connectivity index (χ4v) is 5.83. The molecule has 1 saturated carbocycles. The zero-order valence-electron chi connectivity index (χ0n) is 21.6. The molecule has 0 saturated heterocycles. The summed E-state index contributed by atoms with van der Waals surface area (Å²) in [5.74, 6) is -0.907. The van der Waals surface area contributed by atoms with Crippen molar-refractivity contribution in [3.63, 3.8) is 0 Å². The Labute approximate surface area is 214 Å². The predicted molar refractivity (Wildman–Crippen MR) is 142 cm³/mol. The number of hydrogen-bond acceptors (Lipinski definition) is 5. The second-order valence-corrected chi connectivity index (χ2v) is 10.6. The second-order valence-electron chi connectivity index (χ2n) is 10.6. The van der Waals surface area contributed by atoms with Gasteiger partial charge in [0.15, 0.2) is 11.4 Å². The number of carbonyl (C=O) groups is 1. The first-order valence-corrected chi connectivity index (χ1v) is 13.7. The number of aryl methyl sites for hydroxylation is 2. The standard InChI is InChI=1S/C29H40N4O3/c1-22-24-13-7-2-4-8-15-29(16-9-10-17-29)21-33-20-25(34)27(35)26(32-33)28(36)31-18-11-5-3-6-12-23(24)14-19-30-22/h7,13-14,19-20,34H,2-6,8-12,15-18,21H2,1H3,(H,31,36)/b13-7-. The molecule has 194 valence electrons. The van der Waals surface area contributed by atoms with Gasteiger partial charge >= 0.3 is 0 Å². The van der Waals surface area contributed by atoms with Crippen molar-refractivity contribution < 1.29 is 9.90 Å². The van der Waals surface area contributed by atoms with E-state index < -0.39 is 17.1 Å². The molecule has 1 aliphatic carbocycles. The van der Waals surface area contributed by atoms with Crippen molar-refractivity contribution in [1.82, 2.24) is 20.1 Å². The molecule has 1 spiro atoms. The number of fused-ring (bicyclic) bond motifs is 3. The molecule has 2 aliphatic rings. The summed E-state index contributed by atoms with van der Waals surface area (Å²) in [7, 11) is 0. The minimum absolute atomic E-state index is 0.0951. The lowest BCUT2D eigenvalue weighted by atomic mass is 9.81. The quantitative estimate of drug-likeness (QED) is 0.518. The minimum Gasteiger partial charge on any atom is -0.503 e. The van der Waals surface area contributed by atoms with E-state index in [1.807, 2.05) is 6.20 Å². The maximum Gasteiger partial charge on any atom is 0.275 e. The number of amides is 1. The number of nitrogens with one attached hydrogen (secondary N) is 1. The molecule has 0 atom stereocenters. The first-order valence-electron chi connectivity index (χ1n) is 13.7. The number of pyridine rings is 1. The number of aromatic nitrogens is 3. The summed E-state index contributed by atoms with van der Waals surface area (Å²) < 4.78 is 1.63. The Balaban J connectivity index is 1.53. The maximum absolute atomic E-state index is 12.7. The zero-order chi connectivity index (χ0) is 25.4. The van der Waals surface area contributed by atoms with Gasteiger partial charge < -0.3 is 10.4 Å². The van der Waals surface area contributed by atoms with Gasteiger partial charge in [-0.2, -0.15) is 5.10 Å². The molecule has 2 bridgehead atoms. The van der Waals surface area contributed by atoms with Crippen molar-refractivity contribution in [2.75, 3.05) is 6.54 Å². The Morgan fingerprint density at radius 1 is 1.00 bits per heavy atom. The molecule has 2 aromatic heterocycles. The van der Waals surface area contributed by atoms with E-state index in [4.69, 9.17) is 0 Å². The van der Waals surface area contributed by atoms with Gasteiger partial charge in [-0.1, -0.05) is 44.3 Å². The zero-order valence-corrected chi connectivity index (χ0v) is 21.6. The number of hydrogen-bond donors (Lipinski definition) is 2. The SMILES string of the molecule is Cc1nccc2c1/C=C\CCCCC1(CCCC1)Cn1cc(O)c(=O)c(n1)C(=O)NCCCCCC2. The molecule has 7 nitrogen and oxygen atoms in total. The maximum atomic E-state index is 12.7. The number of carbonyl (C=O) groups excluding carboxylic acids is 1. The van der Waals surface area contributed by atoms with Crippen LogP contribution in [0, 0.1) is 12.3 Å². The normalized spacial score (nSPS) is 20.8. The van der Waals surface area contributed by atoms with Gasteiger partial charge in [0.25, 0.3) is 11.3 Å². The van der Waals surface area contributed by atoms with E-state index in [9.17, 15) is 14.7 Å². The number of nitrogens with zero attached hydrogens (tertiary/aromatic N) is 3. The molecule has 0 radical (unpaired) electrons. The molecule has 2 N–H and O–H groups in total. The fourth-order valence-electron chi connectivity index (χ4n) is 5.83. The highest BCUT2D eigenvalue weighted by molar-refractivity contribution is 5.92. The molecule has 1 aliphatic heterocycles. The van der Waals surface area contributed by atoms with E-state index in [1.165, 1.54) is 30.2 Å². The minimum atomic E-state index is -0.696. The van der Waals surface area contributed by atoms with Gasteiger partial charge in [-0.3, -0.25) is 19.3 Å². The Hall–Kier alpha value is -2.96. The van der Waals surface area contributed by atoms with Crippen LogP contribution in [0.15, 0.2) is 29.3 Å². The van der Waals surface area contributed by atoms with E-state index >= 15 is 0 Å². The van der Waals surface area contributed by atoms with E-state index in [0.717, 1.165) is 76.3 Å². The molecule has 2 aromatic rings. The van der Waals surface area contributed by atoms with Gasteiger partial charge in [0.05, 0.1) is 6.20 Å². The van der Waals surface area contributed by atoms with Gasteiger partial charge in [0, 0.05) is 25.0 Å². The first-order chi connectivity index (χ1) is 17.5. The monoisotopic (exact) mass is 492 g/mol. The molecule has 0 unspecified atom stereocenters. The third-order valence-electron chi connectivity index (χ3n) is 7.87. The summed E-state index contributed by atoms with van der Waals surface area (Å²) >= 11 is 0. The number of allylic oxidation sites excluding steroid dienone is 1. The van der Waals surface area contributed by atoms with Crippen molar-refractivity contribution in [2.45, 2.75) is 96.9 Å². The van der Waals surface area contributed by atoms with Gasteiger partial charge in [-0.05, 0) is 80.9 Å². The summed E-state index contributed by atoms with van der Waals surface area (Å²) in [5.41, 5.74) is 2.89. The molecule has 1 fully saturated rings. The molecule has 1 amide bonds. The highest BCUT2D eigenvalue weighted by Gasteiger charge is 2.34. The van der Waals surface area contributed by atoms with Crippen molar-refractivity contribution in [1.29, 1.82) is 0 Å². The van der Waals surface area contributed by atoms with Crippen LogP contribution in [0.25, 0.3) is 6.08 Å². The Morgan fingerprint density at radius 3 is 2.56 bits per heavy atom. The Bertz CT molecular complexity index is 1130. The average Bonchev–Trinajstić information content (AvgIpc) is 3.31. The van der Waals surface area contributed by atoms with Crippen LogP contribution in [0.5, 0.6) is 5.75 Å². The highest BCUT2D eigenvalue weighted by atomic mass is 16.3. The van der Waals surface area contributed by atoms with Crippen LogP contribution in [0.2, 0.25) is 0 Å². The van der Waals surface area contributed by atoms with Gasteiger partial charge in [-0.25, -0.2) is 0 Å². The van der Waals surface area contributed by atoms with E-state index in [2.05, 4.69) is 40.5 Å². The number of aromatic hydroxyl groups is 1. The van der Waals surface area contributed by atoms with Gasteiger partial charge in [0.2, 0.25) is 0 Å². The summed E-state index contributed by atoms with van der Waals surface area (Å²) in [5, 5.41) is 17.5. The summed E-state index contributed by atoms with van der Waals surface area (Å²) in [6.45, 7) is 3.19. The summed E-state index contributed by atoms with van der Waals surface area (Å²) in [6, 6.07) is 2.14. The molecule has 3 heterocycles. The van der Waals surface area contributed by atoms with Crippen LogP contribution < -0.4 is 10.7 Å². The van der Waals surface area contributed by atoms with Gasteiger partial charge in [-0.15, -0.1) is 0 Å². The Morgan fingerprint density at radius 2 is 1.75 bits per heavy atom. The lowest BCUT2D eigenvalue weighted by Gasteiger charge is -2.29. The van der Waals surface area contributed by atoms with E-state index in [1.54, 1.807) is 4.68 Å². The Kier molecular flexibility index (Phi) is 8.94. The van der Waals surface area contributed by atoms with Crippen LogP contribution in [0.3, 0.4) is 0 Å². The third kappa shape index (κ3) is 6.62. The molecule has 36 heavy (non-hydrogen) atoms. The lowest BCUT2D eigenvalue weighted by Crippen LogP contribution is -2.34. The summed E-state index contributed by atoms with van der Waals surface area (Å²) in [4.78, 5) is 29.7. The summed E-state index contributed by atoms with van der Waals surface area (Å²) in [6.07, 6.45) is 21.8. The topological polar surface area (TPSA) is 97.1 Å². The average molecular weight is 493 g/mol. The smallest absolute Gasteiger partial charge is 0.275 e. The molecular weight excluding hydrogens is 452 g/mol. The van der Waals surface area contributed by atoms with Crippen molar-refractivity contribution in [3.8, 4) is 5.75 Å². The third-order valence-corrected chi connectivity index (χ3v) is 7.87. The van der Waals surface area contributed by atoms with Crippen molar-refractivity contribution >= 4 is 12.0 Å². The molecular formula is C29H40N4O3. The van der Waals surface area contributed by atoms with E-state index in [0.29, 0.717) is 13.1 Å². The van der Waals surface area contributed by atoms with Crippen molar-refractivity contribution in [3.05, 3.63) is 57.3 Å². The van der Waals surface area contributed by atoms with Gasteiger partial charge in [0.1, 0.15) is 0 Å². The van der Waals surface area contributed by atoms with E-state index in [-0.39, 0.29) is 11.1 Å².